The maximum atomic E-state index is 12.3. The van der Waals surface area contributed by atoms with E-state index in [0.717, 1.165) is 5.56 Å². The van der Waals surface area contributed by atoms with Crippen molar-refractivity contribution in [3.05, 3.63) is 29.3 Å². The summed E-state index contributed by atoms with van der Waals surface area (Å²) in [5, 5.41) is 2.63. The highest BCUT2D eigenvalue weighted by Gasteiger charge is 2.19. The summed E-state index contributed by atoms with van der Waals surface area (Å²) in [5.41, 5.74) is 1.64. The largest absolute Gasteiger partial charge is 0.355 e. The van der Waals surface area contributed by atoms with Gasteiger partial charge in [-0.15, -0.1) is 0 Å². The number of sulfonamides is 1. The number of carbonyl (C=O) groups excluding carboxylic acids is 2. The molecule has 8 heteroatoms. The van der Waals surface area contributed by atoms with Crippen LogP contribution in [0.1, 0.15) is 31.4 Å². The molecule has 140 valence electrons. The summed E-state index contributed by atoms with van der Waals surface area (Å²) in [6.45, 7) is 8.06. The number of nitrogens with one attached hydrogen (secondary N) is 2. The minimum Gasteiger partial charge on any atom is -0.355 e. The monoisotopic (exact) mass is 369 g/mol. The number of carbonyl (C=O) groups is 2. The number of likely N-dealkylation sites (N-methyl/N-ethyl adjacent to an activating group) is 2. The quantitative estimate of drug-likeness (QED) is 0.678. The number of rotatable bonds is 9. The van der Waals surface area contributed by atoms with Gasteiger partial charge in [0.15, 0.2) is 0 Å². The van der Waals surface area contributed by atoms with Crippen LogP contribution in [0.5, 0.6) is 0 Å². The highest BCUT2D eigenvalue weighted by Crippen LogP contribution is 2.16. The van der Waals surface area contributed by atoms with Crippen molar-refractivity contribution in [1.82, 2.24) is 14.9 Å². The lowest BCUT2D eigenvalue weighted by Gasteiger charge is -2.20. The molecule has 0 saturated heterocycles. The molecule has 0 fully saturated rings. The number of nitrogens with zero attached hydrogens (tertiary/aromatic N) is 1. The van der Waals surface area contributed by atoms with Crippen molar-refractivity contribution in [2.45, 2.75) is 39.0 Å². The lowest BCUT2D eigenvalue weighted by molar-refractivity contribution is -0.135. The second-order valence-electron chi connectivity index (χ2n) is 5.78. The molecule has 1 rings (SSSR count). The number of hydrogen-bond acceptors (Lipinski definition) is 4. The molecule has 0 saturated carbocycles. The summed E-state index contributed by atoms with van der Waals surface area (Å²) in [5.74, 6) is -0.495. The summed E-state index contributed by atoms with van der Waals surface area (Å²) in [7, 11) is -3.67. The molecule has 7 nitrogen and oxygen atoms in total. The Morgan fingerprint density at radius 2 is 1.84 bits per heavy atom. The lowest BCUT2D eigenvalue weighted by Crippen LogP contribution is -2.41. The molecule has 0 aliphatic carbocycles. The molecule has 0 aliphatic heterocycles. The van der Waals surface area contributed by atoms with Gasteiger partial charge in [0.25, 0.3) is 0 Å². The van der Waals surface area contributed by atoms with Gasteiger partial charge in [-0.05, 0) is 39.3 Å². The third-order valence-corrected chi connectivity index (χ3v) is 5.31. The Balaban J connectivity index is 2.62. The molecule has 2 amide bonds. The maximum Gasteiger partial charge on any atom is 0.240 e. The Morgan fingerprint density at radius 1 is 1.16 bits per heavy atom. The lowest BCUT2D eigenvalue weighted by atomic mass is 10.2. The molecule has 0 aliphatic rings. The van der Waals surface area contributed by atoms with Crippen molar-refractivity contribution in [2.24, 2.45) is 0 Å². The van der Waals surface area contributed by atoms with E-state index in [2.05, 4.69) is 10.0 Å². The Hall–Kier alpha value is -1.93. The Morgan fingerprint density at radius 3 is 2.40 bits per heavy atom. The Bertz CT molecular complexity index is 717. The highest BCUT2D eigenvalue weighted by atomic mass is 32.2. The van der Waals surface area contributed by atoms with Gasteiger partial charge in [0, 0.05) is 26.1 Å². The predicted molar refractivity (Wildman–Crippen MR) is 96.7 cm³/mol. The van der Waals surface area contributed by atoms with E-state index in [-0.39, 0.29) is 36.2 Å². The molecule has 0 heterocycles. The number of benzene rings is 1. The van der Waals surface area contributed by atoms with E-state index in [1.807, 2.05) is 6.92 Å². The average molecular weight is 369 g/mol. The van der Waals surface area contributed by atoms with E-state index < -0.39 is 10.0 Å². The van der Waals surface area contributed by atoms with Crippen LogP contribution in [0.2, 0.25) is 0 Å². The van der Waals surface area contributed by atoms with Crippen molar-refractivity contribution in [3.63, 3.8) is 0 Å². The smallest absolute Gasteiger partial charge is 0.240 e. The standard InChI is InChI=1S/C17H27N3O4S/c1-5-18-16(21)12-20(6-2)17(22)9-10-19-25(23,24)15-8-7-13(3)11-14(15)4/h7-8,11,19H,5-6,9-10,12H2,1-4H3,(H,18,21). The minimum atomic E-state index is -3.67. The molecule has 0 spiro atoms. The average Bonchev–Trinajstić information content (AvgIpc) is 2.52. The van der Waals surface area contributed by atoms with Crippen LogP contribution in [-0.4, -0.2) is 51.3 Å². The second-order valence-corrected chi connectivity index (χ2v) is 7.51. The Labute approximate surface area is 149 Å². The molecule has 1 aromatic rings. The summed E-state index contributed by atoms with van der Waals surface area (Å²) in [6.07, 6.45) is -0.00260. The van der Waals surface area contributed by atoms with Crippen LogP contribution < -0.4 is 10.0 Å². The van der Waals surface area contributed by atoms with Crippen molar-refractivity contribution in [1.29, 1.82) is 0 Å². The summed E-state index contributed by atoms with van der Waals surface area (Å²) in [6, 6.07) is 5.09. The molecule has 1 aromatic carbocycles. The van der Waals surface area contributed by atoms with E-state index in [1.165, 1.54) is 4.90 Å². The zero-order valence-corrected chi connectivity index (χ0v) is 16.1. The van der Waals surface area contributed by atoms with Crippen LogP contribution in [0.15, 0.2) is 23.1 Å². The normalized spacial score (nSPS) is 11.2. The van der Waals surface area contributed by atoms with Crippen LogP contribution in [0.4, 0.5) is 0 Å². The first kappa shape index (κ1) is 21.1. The van der Waals surface area contributed by atoms with Gasteiger partial charge in [0.05, 0.1) is 11.4 Å². The maximum absolute atomic E-state index is 12.3. The van der Waals surface area contributed by atoms with E-state index in [9.17, 15) is 18.0 Å². The summed E-state index contributed by atoms with van der Waals surface area (Å²) >= 11 is 0. The topological polar surface area (TPSA) is 95.6 Å². The van der Waals surface area contributed by atoms with Crippen LogP contribution in [-0.2, 0) is 19.6 Å². The van der Waals surface area contributed by atoms with Crippen LogP contribution >= 0.6 is 0 Å². The fourth-order valence-corrected chi connectivity index (χ4v) is 3.69. The van der Waals surface area contributed by atoms with Gasteiger partial charge in [0.1, 0.15) is 0 Å². The summed E-state index contributed by atoms with van der Waals surface area (Å²) in [4.78, 5) is 25.4. The molecule has 0 unspecified atom stereocenters. The number of aryl methyl sites for hydroxylation is 2. The van der Waals surface area contributed by atoms with Crippen molar-refractivity contribution in [3.8, 4) is 0 Å². The first-order valence-electron chi connectivity index (χ1n) is 8.32. The van der Waals surface area contributed by atoms with Crippen molar-refractivity contribution >= 4 is 21.8 Å². The van der Waals surface area contributed by atoms with Crippen LogP contribution in [0.25, 0.3) is 0 Å². The second kappa shape index (κ2) is 9.53. The minimum absolute atomic E-state index is 0.00260. The SMILES string of the molecule is CCNC(=O)CN(CC)C(=O)CCNS(=O)(=O)c1ccc(C)cc1C. The molecule has 25 heavy (non-hydrogen) atoms. The molecule has 0 atom stereocenters. The Kier molecular flexibility index (Phi) is 8.05. The molecule has 2 N–H and O–H groups in total. The third kappa shape index (κ3) is 6.47. The zero-order valence-electron chi connectivity index (χ0n) is 15.3. The molecule has 0 bridgehead atoms. The molecule has 0 radical (unpaired) electrons. The van der Waals surface area contributed by atoms with E-state index in [0.29, 0.717) is 18.7 Å². The van der Waals surface area contributed by atoms with E-state index in [1.54, 1.807) is 39.0 Å². The van der Waals surface area contributed by atoms with Gasteiger partial charge in [-0.1, -0.05) is 17.7 Å². The first-order chi connectivity index (χ1) is 11.7. The van der Waals surface area contributed by atoms with Gasteiger partial charge in [-0.2, -0.15) is 0 Å². The fourth-order valence-electron chi connectivity index (χ4n) is 2.43. The van der Waals surface area contributed by atoms with Crippen molar-refractivity contribution < 1.29 is 18.0 Å². The highest BCUT2D eigenvalue weighted by molar-refractivity contribution is 7.89. The van der Waals surface area contributed by atoms with Gasteiger partial charge in [-0.25, -0.2) is 13.1 Å². The van der Waals surface area contributed by atoms with Crippen LogP contribution in [0.3, 0.4) is 0 Å². The molecular weight excluding hydrogens is 342 g/mol. The third-order valence-electron chi connectivity index (χ3n) is 3.69. The number of hydrogen-bond donors (Lipinski definition) is 2. The van der Waals surface area contributed by atoms with E-state index >= 15 is 0 Å². The fraction of sp³-hybridized carbons (Fsp3) is 0.529. The van der Waals surface area contributed by atoms with Gasteiger partial charge >= 0.3 is 0 Å². The van der Waals surface area contributed by atoms with E-state index in [4.69, 9.17) is 0 Å². The first-order valence-corrected chi connectivity index (χ1v) is 9.81. The zero-order chi connectivity index (χ0) is 19.0. The number of amides is 2. The van der Waals surface area contributed by atoms with Gasteiger partial charge in [0.2, 0.25) is 21.8 Å². The van der Waals surface area contributed by atoms with Crippen LogP contribution in [0, 0.1) is 13.8 Å². The van der Waals surface area contributed by atoms with Gasteiger partial charge in [-0.3, -0.25) is 9.59 Å². The summed E-state index contributed by atoms with van der Waals surface area (Å²) < 4.78 is 27.1. The predicted octanol–water partition coefficient (Wildman–Crippen LogP) is 0.956. The van der Waals surface area contributed by atoms with Gasteiger partial charge < -0.3 is 10.2 Å². The molecule has 0 aromatic heterocycles. The van der Waals surface area contributed by atoms with Crippen molar-refractivity contribution in [2.75, 3.05) is 26.2 Å². The molecular formula is C17H27N3O4S.